The van der Waals surface area contributed by atoms with Crippen LogP contribution in [0.3, 0.4) is 0 Å². The zero-order valence-electron chi connectivity index (χ0n) is 12.0. The average molecular weight is 297 g/mol. The summed E-state index contributed by atoms with van der Waals surface area (Å²) in [5, 5.41) is 12.9. The molecule has 0 radical (unpaired) electrons. The quantitative estimate of drug-likeness (QED) is 0.743. The van der Waals surface area contributed by atoms with Crippen molar-refractivity contribution in [2.75, 3.05) is 42.2 Å². The predicted molar refractivity (Wildman–Crippen MR) is 82.5 cm³/mol. The van der Waals surface area contributed by atoms with Crippen molar-refractivity contribution in [2.45, 2.75) is 37.8 Å². The van der Waals surface area contributed by atoms with Crippen molar-refractivity contribution >= 4 is 23.7 Å². The Morgan fingerprint density at radius 1 is 1.20 bits per heavy atom. The average Bonchev–Trinajstić information content (AvgIpc) is 2.51. The number of hydrogen-bond acceptors (Lipinski definition) is 7. The summed E-state index contributed by atoms with van der Waals surface area (Å²) in [7, 11) is 0. The van der Waals surface area contributed by atoms with Gasteiger partial charge in [-0.05, 0) is 25.7 Å². The first-order valence-corrected chi connectivity index (χ1v) is 8.30. The van der Waals surface area contributed by atoms with Gasteiger partial charge in [-0.1, -0.05) is 18.7 Å². The molecule has 0 spiro atoms. The molecule has 20 heavy (non-hydrogen) atoms. The Hall–Kier alpha value is -1.08. The van der Waals surface area contributed by atoms with Crippen LogP contribution in [-0.4, -0.2) is 52.1 Å². The Labute approximate surface area is 124 Å². The largest absolute Gasteiger partial charge is 0.396 e. The zero-order chi connectivity index (χ0) is 14.2. The maximum absolute atomic E-state index is 8.94. The first kappa shape index (κ1) is 15.3. The Morgan fingerprint density at radius 3 is 2.70 bits per heavy atom. The van der Waals surface area contributed by atoms with Crippen LogP contribution in [-0.2, 0) is 0 Å². The summed E-state index contributed by atoms with van der Waals surface area (Å²) < 4.78 is 0. The van der Waals surface area contributed by atoms with Crippen LogP contribution in [0.25, 0.3) is 0 Å². The summed E-state index contributed by atoms with van der Waals surface area (Å²) in [4.78, 5) is 15.7. The molecular formula is C13H23N5OS. The van der Waals surface area contributed by atoms with Crippen LogP contribution in [0.1, 0.15) is 32.6 Å². The van der Waals surface area contributed by atoms with Crippen molar-refractivity contribution in [3.05, 3.63) is 0 Å². The molecule has 0 amide bonds. The topological polar surface area (TPSA) is 74.2 Å². The van der Waals surface area contributed by atoms with Gasteiger partial charge in [0.15, 0.2) is 5.16 Å². The van der Waals surface area contributed by atoms with E-state index >= 15 is 0 Å². The molecular weight excluding hydrogens is 274 g/mol. The highest BCUT2D eigenvalue weighted by atomic mass is 32.2. The Bertz CT molecular complexity index is 385. The molecule has 0 atom stereocenters. The number of aliphatic hydroxyl groups is 1. The van der Waals surface area contributed by atoms with Gasteiger partial charge in [0.1, 0.15) is 0 Å². The van der Waals surface area contributed by atoms with Gasteiger partial charge in [0, 0.05) is 25.4 Å². The number of anilines is 2. The van der Waals surface area contributed by atoms with E-state index < -0.39 is 0 Å². The molecule has 2 N–H and O–H groups in total. The molecule has 1 aliphatic rings. The fourth-order valence-electron chi connectivity index (χ4n) is 2.10. The van der Waals surface area contributed by atoms with Crippen LogP contribution in [0.4, 0.5) is 11.9 Å². The van der Waals surface area contributed by atoms with E-state index in [0.717, 1.165) is 32.0 Å². The minimum Gasteiger partial charge on any atom is -0.396 e. The fourth-order valence-corrected chi connectivity index (χ4v) is 2.67. The first-order chi connectivity index (χ1) is 9.83. The molecule has 0 unspecified atom stereocenters. The smallest absolute Gasteiger partial charge is 0.231 e. The summed E-state index contributed by atoms with van der Waals surface area (Å²) in [6.45, 7) is 5.13. The highest BCUT2D eigenvalue weighted by Gasteiger charge is 2.16. The fraction of sp³-hybridized carbons (Fsp3) is 0.769. The van der Waals surface area contributed by atoms with Crippen molar-refractivity contribution in [3.8, 4) is 0 Å². The van der Waals surface area contributed by atoms with Gasteiger partial charge >= 0.3 is 0 Å². The second-order valence-corrected chi connectivity index (χ2v) is 5.85. The number of nitrogens with zero attached hydrogens (tertiary/aromatic N) is 4. The van der Waals surface area contributed by atoms with Gasteiger partial charge in [0.25, 0.3) is 0 Å². The molecule has 2 heterocycles. The van der Waals surface area contributed by atoms with E-state index in [0.29, 0.717) is 16.9 Å². The predicted octanol–water partition coefficient (Wildman–Crippen LogP) is 1.77. The number of thioether (sulfide) groups is 1. The van der Waals surface area contributed by atoms with Crippen LogP contribution in [0.5, 0.6) is 0 Å². The highest BCUT2D eigenvalue weighted by Crippen LogP contribution is 2.21. The SMILES string of the molecule is CCCNc1nc(SCCO)nc(N2CCCCC2)n1. The maximum Gasteiger partial charge on any atom is 0.231 e. The highest BCUT2D eigenvalue weighted by molar-refractivity contribution is 7.99. The Morgan fingerprint density at radius 2 is 2.00 bits per heavy atom. The number of aromatic nitrogens is 3. The van der Waals surface area contributed by atoms with Gasteiger partial charge in [-0.15, -0.1) is 0 Å². The van der Waals surface area contributed by atoms with E-state index in [1.807, 2.05) is 0 Å². The minimum atomic E-state index is 0.132. The molecule has 0 aromatic carbocycles. The monoisotopic (exact) mass is 297 g/mol. The molecule has 0 saturated carbocycles. The molecule has 0 aliphatic carbocycles. The van der Waals surface area contributed by atoms with Crippen molar-refractivity contribution in [1.82, 2.24) is 15.0 Å². The number of piperidine rings is 1. The standard InChI is InChI=1S/C13H23N5OS/c1-2-6-14-11-15-12(18-7-4-3-5-8-18)17-13(16-11)20-10-9-19/h19H,2-10H2,1H3,(H,14,15,16,17). The van der Waals surface area contributed by atoms with Crippen LogP contribution in [0.2, 0.25) is 0 Å². The van der Waals surface area contributed by atoms with Gasteiger partial charge in [0.05, 0.1) is 6.61 Å². The zero-order valence-corrected chi connectivity index (χ0v) is 12.8. The Balaban J connectivity index is 2.14. The van der Waals surface area contributed by atoms with E-state index in [9.17, 15) is 0 Å². The normalized spacial score (nSPS) is 15.4. The molecule has 1 saturated heterocycles. The Kier molecular flexibility index (Phi) is 6.32. The number of nitrogens with one attached hydrogen (secondary N) is 1. The van der Waals surface area contributed by atoms with Crippen LogP contribution >= 0.6 is 11.8 Å². The molecule has 1 aromatic rings. The summed E-state index contributed by atoms with van der Waals surface area (Å²) in [6, 6.07) is 0. The lowest BCUT2D eigenvalue weighted by Crippen LogP contribution is -2.31. The second-order valence-electron chi connectivity index (χ2n) is 4.79. The lowest BCUT2D eigenvalue weighted by atomic mass is 10.1. The molecule has 7 heteroatoms. The number of aliphatic hydroxyl groups excluding tert-OH is 1. The van der Waals surface area contributed by atoms with Gasteiger partial charge < -0.3 is 15.3 Å². The van der Waals surface area contributed by atoms with Crippen LogP contribution < -0.4 is 10.2 Å². The third-order valence-electron chi connectivity index (χ3n) is 3.10. The first-order valence-electron chi connectivity index (χ1n) is 7.32. The second kappa shape index (κ2) is 8.26. The van der Waals surface area contributed by atoms with E-state index in [2.05, 4.69) is 32.1 Å². The molecule has 1 aromatic heterocycles. The van der Waals surface area contributed by atoms with E-state index in [1.54, 1.807) is 0 Å². The van der Waals surface area contributed by atoms with E-state index in [1.165, 1.54) is 31.0 Å². The van der Waals surface area contributed by atoms with Crippen LogP contribution in [0, 0.1) is 0 Å². The molecule has 0 bridgehead atoms. The molecule has 6 nitrogen and oxygen atoms in total. The summed E-state index contributed by atoms with van der Waals surface area (Å²) in [6.07, 6.45) is 4.71. The third-order valence-corrected chi connectivity index (χ3v) is 3.93. The summed E-state index contributed by atoms with van der Waals surface area (Å²) >= 11 is 1.47. The number of rotatable bonds is 7. The van der Waals surface area contributed by atoms with E-state index in [4.69, 9.17) is 5.11 Å². The molecule has 1 fully saturated rings. The van der Waals surface area contributed by atoms with Gasteiger partial charge in [0.2, 0.25) is 11.9 Å². The van der Waals surface area contributed by atoms with Gasteiger partial charge in [-0.2, -0.15) is 15.0 Å². The summed E-state index contributed by atoms with van der Waals surface area (Å²) in [5.74, 6) is 2.01. The molecule has 2 rings (SSSR count). The van der Waals surface area contributed by atoms with Gasteiger partial charge in [-0.25, -0.2) is 0 Å². The summed E-state index contributed by atoms with van der Waals surface area (Å²) in [5.41, 5.74) is 0. The van der Waals surface area contributed by atoms with Crippen molar-refractivity contribution < 1.29 is 5.11 Å². The van der Waals surface area contributed by atoms with Gasteiger partial charge in [-0.3, -0.25) is 0 Å². The minimum absolute atomic E-state index is 0.132. The molecule has 1 aliphatic heterocycles. The lowest BCUT2D eigenvalue weighted by Gasteiger charge is -2.26. The van der Waals surface area contributed by atoms with Crippen molar-refractivity contribution in [3.63, 3.8) is 0 Å². The molecule has 112 valence electrons. The van der Waals surface area contributed by atoms with Crippen LogP contribution in [0.15, 0.2) is 5.16 Å². The number of hydrogen-bond donors (Lipinski definition) is 2. The third kappa shape index (κ3) is 4.49. The van der Waals surface area contributed by atoms with Crippen molar-refractivity contribution in [1.29, 1.82) is 0 Å². The van der Waals surface area contributed by atoms with Crippen molar-refractivity contribution in [2.24, 2.45) is 0 Å². The maximum atomic E-state index is 8.94. The van der Waals surface area contributed by atoms with E-state index in [-0.39, 0.29) is 6.61 Å². The lowest BCUT2D eigenvalue weighted by molar-refractivity contribution is 0.322.